The highest BCUT2D eigenvalue weighted by Crippen LogP contribution is 2.34. The lowest BCUT2D eigenvalue weighted by Crippen LogP contribution is -2.28. The topological polar surface area (TPSA) is 93.5 Å². The molecule has 2 atom stereocenters. The molecule has 0 bridgehead atoms. The zero-order chi connectivity index (χ0) is 18.0. The molecule has 7 nitrogen and oxygen atoms in total. The maximum absolute atomic E-state index is 14.3. The number of amides is 1. The molecule has 132 valence electrons. The summed E-state index contributed by atoms with van der Waals surface area (Å²) >= 11 is 7.00. The number of aliphatic hydroxyl groups is 1. The van der Waals surface area contributed by atoms with Crippen molar-refractivity contribution in [2.24, 2.45) is 0 Å². The zero-order valence-electron chi connectivity index (χ0n) is 12.7. The predicted molar refractivity (Wildman–Crippen MR) is 91.3 cm³/mol. The molecule has 10 heteroatoms. The summed E-state index contributed by atoms with van der Waals surface area (Å²) in [5.74, 6) is -1.96. The Labute approximate surface area is 150 Å². The monoisotopic (exact) mass is 385 g/mol. The molecule has 2 aromatic rings. The summed E-state index contributed by atoms with van der Waals surface area (Å²) in [6, 6.07) is 6.09. The highest BCUT2D eigenvalue weighted by molar-refractivity contribution is 8.00. The first-order valence-electron chi connectivity index (χ1n) is 7.21. The molecular formula is C15H13ClFN3O4S. The van der Waals surface area contributed by atoms with Gasteiger partial charge >= 0.3 is 5.69 Å². The van der Waals surface area contributed by atoms with Gasteiger partial charge in [0.1, 0.15) is 10.8 Å². The predicted octanol–water partition coefficient (Wildman–Crippen LogP) is 1.87. The highest BCUT2D eigenvalue weighted by Gasteiger charge is 2.28. The number of halogens is 2. The SMILES string of the molecule is O=C(Nc1nc(=O)n(C2COC(CO)S2)cc1F)c1cccc(Cl)c1. The maximum Gasteiger partial charge on any atom is 0.350 e. The number of hydrogen-bond donors (Lipinski definition) is 2. The van der Waals surface area contributed by atoms with Gasteiger partial charge in [0.25, 0.3) is 5.91 Å². The average Bonchev–Trinajstić information content (AvgIpc) is 3.06. The lowest BCUT2D eigenvalue weighted by Gasteiger charge is -2.13. The molecule has 1 aromatic heterocycles. The molecule has 25 heavy (non-hydrogen) atoms. The van der Waals surface area contributed by atoms with Crippen molar-refractivity contribution in [2.75, 3.05) is 18.5 Å². The molecule has 2 heterocycles. The fraction of sp³-hybridized carbons (Fsp3) is 0.267. The molecule has 1 saturated heterocycles. The summed E-state index contributed by atoms with van der Waals surface area (Å²) in [7, 11) is 0. The number of nitrogens with one attached hydrogen (secondary N) is 1. The number of carbonyl (C=O) groups is 1. The highest BCUT2D eigenvalue weighted by atomic mass is 35.5. The minimum Gasteiger partial charge on any atom is -0.393 e. The molecule has 0 saturated carbocycles. The normalized spacial score (nSPS) is 19.8. The van der Waals surface area contributed by atoms with Gasteiger partial charge in [-0.15, -0.1) is 11.8 Å². The molecule has 3 rings (SSSR count). The number of aromatic nitrogens is 2. The average molecular weight is 386 g/mol. The van der Waals surface area contributed by atoms with Gasteiger partial charge in [0.05, 0.1) is 13.2 Å². The summed E-state index contributed by atoms with van der Waals surface area (Å²) < 4.78 is 20.6. The van der Waals surface area contributed by atoms with Crippen molar-refractivity contribution in [1.29, 1.82) is 0 Å². The van der Waals surface area contributed by atoms with Crippen molar-refractivity contribution in [3.8, 4) is 0 Å². The number of carbonyl (C=O) groups excluding carboxylic acids is 1. The van der Waals surface area contributed by atoms with Crippen LogP contribution in [0.2, 0.25) is 5.02 Å². The van der Waals surface area contributed by atoms with Gasteiger partial charge in [-0.25, -0.2) is 9.18 Å². The van der Waals surface area contributed by atoms with Crippen molar-refractivity contribution >= 4 is 35.1 Å². The molecule has 2 unspecified atom stereocenters. The summed E-state index contributed by atoms with van der Waals surface area (Å²) in [6.45, 7) is -0.0647. The molecule has 1 fully saturated rings. The number of hydrogen-bond acceptors (Lipinski definition) is 6. The summed E-state index contributed by atoms with van der Waals surface area (Å²) in [5, 5.41) is 11.2. The number of nitrogens with zero attached hydrogens (tertiary/aromatic N) is 2. The van der Waals surface area contributed by atoms with Crippen LogP contribution < -0.4 is 11.0 Å². The number of benzene rings is 1. The summed E-state index contributed by atoms with van der Waals surface area (Å²) in [5.41, 5.74) is -0.993. The van der Waals surface area contributed by atoms with Crippen LogP contribution in [0.25, 0.3) is 0 Å². The maximum atomic E-state index is 14.3. The van der Waals surface area contributed by atoms with Crippen LogP contribution in [-0.2, 0) is 4.74 Å². The summed E-state index contributed by atoms with van der Waals surface area (Å²) in [6.07, 6.45) is 0.962. The quantitative estimate of drug-likeness (QED) is 0.834. The van der Waals surface area contributed by atoms with Gasteiger partial charge in [-0.3, -0.25) is 9.36 Å². The van der Waals surface area contributed by atoms with Gasteiger partial charge in [0, 0.05) is 16.8 Å². The molecular weight excluding hydrogens is 373 g/mol. The van der Waals surface area contributed by atoms with E-state index in [9.17, 15) is 14.0 Å². The Morgan fingerprint density at radius 3 is 3.04 bits per heavy atom. The molecule has 0 radical (unpaired) electrons. The van der Waals surface area contributed by atoms with E-state index in [0.717, 1.165) is 10.8 Å². The van der Waals surface area contributed by atoms with Crippen LogP contribution >= 0.6 is 23.4 Å². The second-order valence-electron chi connectivity index (χ2n) is 5.13. The van der Waals surface area contributed by atoms with Crippen molar-refractivity contribution in [1.82, 2.24) is 9.55 Å². The van der Waals surface area contributed by atoms with Gasteiger partial charge in [0.15, 0.2) is 11.6 Å². The number of rotatable bonds is 4. The van der Waals surface area contributed by atoms with Crippen LogP contribution in [0.1, 0.15) is 15.7 Å². The van der Waals surface area contributed by atoms with Crippen LogP contribution in [0.3, 0.4) is 0 Å². The Bertz CT molecular complexity index is 863. The van der Waals surface area contributed by atoms with Crippen LogP contribution in [0, 0.1) is 5.82 Å². The third-order valence-electron chi connectivity index (χ3n) is 3.42. The second kappa shape index (κ2) is 7.52. The Morgan fingerprint density at radius 1 is 1.56 bits per heavy atom. The van der Waals surface area contributed by atoms with Gasteiger partial charge in [-0.2, -0.15) is 4.98 Å². The van der Waals surface area contributed by atoms with E-state index in [2.05, 4.69) is 10.3 Å². The van der Waals surface area contributed by atoms with E-state index in [-0.39, 0.29) is 18.8 Å². The van der Waals surface area contributed by atoms with Crippen molar-refractivity contribution in [3.05, 3.63) is 57.3 Å². The standard InChI is InChI=1S/C15H13ClFN3O4S/c16-9-3-1-2-8(4-9)14(22)18-13-10(17)5-20(15(23)19-13)11-7-24-12(6-21)25-11/h1-5,11-12,21H,6-7H2,(H,18,19,22,23). The van der Waals surface area contributed by atoms with E-state index in [1.807, 2.05) is 0 Å². The van der Waals surface area contributed by atoms with Gasteiger partial charge in [0.2, 0.25) is 0 Å². The molecule has 1 amide bonds. The minimum atomic E-state index is -0.858. The third kappa shape index (κ3) is 4.01. The van der Waals surface area contributed by atoms with E-state index < -0.39 is 34.0 Å². The van der Waals surface area contributed by atoms with E-state index in [1.54, 1.807) is 12.1 Å². The Morgan fingerprint density at radius 2 is 2.36 bits per heavy atom. The van der Waals surface area contributed by atoms with Crippen LogP contribution in [-0.4, -0.2) is 39.2 Å². The fourth-order valence-corrected chi connectivity index (χ4v) is 3.46. The van der Waals surface area contributed by atoms with Gasteiger partial charge < -0.3 is 15.2 Å². The number of aliphatic hydroxyl groups excluding tert-OH is 1. The van der Waals surface area contributed by atoms with Crippen LogP contribution in [0.4, 0.5) is 10.2 Å². The zero-order valence-corrected chi connectivity index (χ0v) is 14.3. The summed E-state index contributed by atoms with van der Waals surface area (Å²) in [4.78, 5) is 27.8. The van der Waals surface area contributed by atoms with Crippen molar-refractivity contribution in [3.63, 3.8) is 0 Å². The smallest absolute Gasteiger partial charge is 0.350 e. The van der Waals surface area contributed by atoms with E-state index in [4.69, 9.17) is 21.4 Å². The minimum absolute atomic E-state index is 0.144. The largest absolute Gasteiger partial charge is 0.393 e. The Hall–Kier alpha value is -1.94. The van der Waals surface area contributed by atoms with Crippen LogP contribution in [0.15, 0.2) is 35.3 Å². The van der Waals surface area contributed by atoms with E-state index in [0.29, 0.717) is 5.02 Å². The molecule has 2 N–H and O–H groups in total. The number of ether oxygens (including phenoxy) is 1. The number of thioether (sulfide) groups is 1. The first kappa shape index (κ1) is 17.9. The molecule has 1 aromatic carbocycles. The van der Waals surface area contributed by atoms with Gasteiger partial charge in [-0.1, -0.05) is 17.7 Å². The lowest BCUT2D eigenvalue weighted by atomic mass is 10.2. The second-order valence-corrected chi connectivity index (χ2v) is 6.91. The third-order valence-corrected chi connectivity index (χ3v) is 4.92. The Balaban J connectivity index is 1.81. The molecule has 1 aliphatic heterocycles. The first-order chi connectivity index (χ1) is 12.0. The first-order valence-corrected chi connectivity index (χ1v) is 8.53. The van der Waals surface area contributed by atoms with E-state index in [1.165, 1.54) is 23.9 Å². The molecule has 0 spiro atoms. The van der Waals surface area contributed by atoms with Crippen molar-refractivity contribution < 1.29 is 19.0 Å². The Kier molecular flexibility index (Phi) is 5.38. The molecule has 0 aliphatic carbocycles. The van der Waals surface area contributed by atoms with E-state index >= 15 is 0 Å². The lowest BCUT2D eigenvalue weighted by molar-refractivity contribution is 0.0802. The van der Waals surface area contributed by atoms with Gasteiger partial charge in [-0.05, 0) is 18.2 Å². The number of anilines is 1. The van der Waals surface area contributed by atoms with Crippen LogP contribution in [0.5, 0.6) is 0 Å². The molecule has 1 aliphatic rings. The fourth-order valence-electron chi connectivity index (χ4n) is 2.23. The van der Waals surface area contributed by atoms with Crippen molar-refractivity contribution in [2.45, 2.75) is 10.8 Å².